The van der Waals surface area contributed by atoms with Gasteiger partial charge in [-0.25, -0.2) is 0 Å². The van der Waals surface area contributed by atoms with Crippen LogP contribution in [0.15, 0.2) is 0 Å². The first-order valence-corrected chi connectivity index (χ1v) is 3.25. The summed E-state index contributed by atoms with van der Waals surface area (Å²) in [6, 6.07) is 0. The van der Waals surface area contributed by atoms with Crippen molar-refractivity contribution in [3.05, 3.63) is 0 Å². The van der Waals surface area contributed by atoms with E-state index in [0.29, 0.717) is 13.0 Å². The molecule has 0 heterocycles. The number of nitrogens with two attached hydrogens (primary N) is 1. The maximum absolute atomic E-state index is 10.2. The molecular formula is C6H13NNa2O4. The monoisotopic (exact) mass is 209 g/mol. The third kappa shape index (κ3) is 9.21. The summed E-state index contributed by atoms with van der Waals surface area (Å²) in [6.07, 6.45) is 0.518. The molecule has 0 aromatic rings. The molecule has 0 aliphatic heterocycles. The Labute approximate surface area is 124 Å². The maximum Gasteiger partial charge on any atom is 1.00 e. The van der Waals surface area contributed by atoms with E-state index in [4.69, 9.17) is 15.9 Å². The molecule has 0 bridgehead atoms. The third-order valence-electron chi connectivity index (χ3n) is 1.29. The molecule has 0 saturated heterocycles. The first kappa shape index (κ1) is 19.5. The van der Waals surface area contributed by atoms with Gasteiger partial charge < -0.3 is 18.8 Å². The zero-order valence-electron chi connectivity index (χ0n) is 9.99. The predicted molar refractivity (Wildman–Crippen MR) is 39.3 cm³/mol. The van der Waals surface area contributed by atoms with Gasteiger partial charge in [-0.05, 0) is 19.4 Å². The van der Waals surface area contributed by atoms with Crippen molar-refractivity contribution < 1.29 is 81.8 Å². The quantitative estimate of drug-likeness (QED) is 0.309. The molecule has 0 aliphatic rings. The molecule has 13 heavy (non-hydrogen) atoms. The van der Waals surface area contributed by atoms with Crippen molar-refractivity contribution in [2.45, 2.75) is 12.8 Å². The Bertz CT molecular complexity index is 159. The minimum absolute atomic E-state index is 0. The summed E-state index contributed by atoms with van der Waals surface area (Å²) >= 11 is 0. The zero-order chi connectivity index (χ0) is 8.85. The van der Waals surface area contributed by atoms with Crippen LogP contribution in [0.3, 0.4) is 0 Å². The Morgan fingerprint density at radius 2 is 1.62 bits per heavy atom. The fraction of sp³-hybridized carbons (Fsp3) is 0.667. The van der Waals surface area contributed by atoms with Gasteiger partial charge in [0, 0.05) is 0 Å². The SMILES string of the molecule is NCCCC(C(=O)O)C(=O)O.[H-].[H-].[Na+].[Na+]. The summed E-state index contributed by atoms with van der Waals surface area (Å²) in [7, 11) is 0. The predicted octanol–water partition coefficient (Wildman–Crippen LogP) is -6.26. The molecule has 0 unspecified atom stereocenters. The van der Waals surface area contributed by atoms with Crippen molar-refractivity contribution in [3.63, 3.8) is 0 Å². The van der Waals surface area contributed by atoms with Crippen molar-refractivity contribution in [1.29, 1.82) is 0 Å². The van der Waals surface area contributed by atoms with Crippen LogP contribution in [-0.2, 0) is 9.59 Å². The summed E-state index contributed by atoms with van der Waals surface area (Å²) in [5.41, 5.74) is 5.09. The number of carboxylic acid groups (broad SMARTS) is 2. The number of carboxylic acids is 2. The Morgan fingerprint density at radius 1 is 1.23 bits per heavy atom. The van der Waals surface area contributed by atoms with Gasteiger partial charge in [0.2, 0.25) is 0 Å². The molecule has 0 amide bonds. The summed E-state index contributed by atoms with van der Waals surface area (Å²) in [4.78, 5) is 20.5. The number of carbonyl (C=O) groups is 2. The van der Waals surface area contributed by atoms with Crippen LogP contribution in [0.1, 0.15) is 15.7 Å². The van der Waals surface area contributed by atoms with E-state index in [2.05, 4.69) is 0 Å². The van der Waals surface area contributed by atoms with E-state index in [1.165, 1.54) is 0 Å². The normalized spacial score (nSPS) is 8.46. The zero-order valence-corrected chi connectivity index (χ0v) is 12.0. The Morgan fingerprint density at radius 3 is 1.85 bits per heavy atom. The van der Waals surface area contributed by atoms with E-state index in [9.17, 15) is 9.59 Å². The van der Waals surface area contributed by atoms with Crippen molar-refractivity contribution in [1.82, 2.24) is 0 Å². The molecule has 0 atom stereocenters. The van der Waals surface area contributed by atoms with Gasteiger partial charge in [-0.3, -0.25) is 9.59 Å². The van der Waals surface area contributed by atoms with Gasteiger partial charge in [0.05, 0.1) is 0 Å². The maximum atomic E-state index is 10.2. The standard InChI is InChI=1S/C6H11NO4.2Na.2H/c7-3-1-2-4(5(8)9)6(10)11;;;;/h4H,1-3,7H2,(H,8,9)(H,10,11);;;;/q;2*+1;2*-1. The van der Waals surface area contributed by atoms with Gasteiger partial charge in [0.1, 0.15) is 0 Å². The number of hydrogen-bond donors (Lipinski definition) is 3. The first-order valence-electron chi connectivity index (χ1n) is 3.25. The second-order valence-corrected chi connectivity index (χ2v) is 2.16. The van der Waals surface area contributed by atoms with E-state index in [1.54, 1.807) is 0 Å². The van der Waals surface area contributed by atoms with Crippen molar-refractivity contribution >= 4 is 11.9 Å². The Kier molecular flexibility index (Phi) is 16.4. The average molecular weight is 209 g/mol. The molecule has 68 valence electrons. The topological polar surface area (TPSA) is 101 Å². The van der Waals surface area contributed by atoms with Gasteiger partial charge >= 0.3 is 71.1 Å². The van der Waals surface area contributed by atoms with Crippen LogP contribution in [0, 0.1) is 5.92 Å². The van der Waals surface area contributed by atoms with Gasteiger partial charge in [-0.2, -0.15) is 0 Å². The number of aliphatic carboxylic acids is 2. The van der Waals surface area contributed by atoms with Crippen molar-refractivity contribution in [2.75, 3.05) is 6.54 Å². The number of hydrogen-bond acceptors (Lipinski definition) is 3. The average Bonchev–Trinajstić information content (AvgIpc) is 1.87. The van der Waals surface area contributed by atoms with Crippen LogP contribution in [0.5, 0.6) is 0 Å². The molecule has 0 aliphatic carbocycles. The molecule has 0 aromatic carbocycles. The van der Waals surface area contributed by atoms with Crippen LogP contribution in [0.2, 0.25) is 0 Å². The summed E-state index contributed by atoms with van der Waals surface area (Å²) < 4.78 is 0. The molecule has 7 heteroatoms. The first-order chi connectivity index (χ1) is 5.09. The molecule has 5 nitrogen and oxygen atoms in total. The third-order valence-corrected chi connectivity index (χ3v) is 1.29. The van der Waals surface area contributed by atoms with Gasteiger partial charge in [0.15, 0.2) is 5.92 Å². The molecule has 0 aromatic heterocycles. The molecular weight excluding hydrogens is 196 g/mol. The summed E-state index contributed by atoms with van der Waals surface area (Å²) in [5, 5.41) is 16.7. The fourth-order valence-corrected chi connectivity index (χ4v) is 0.675. The van der Waals surface area contributed by atoms with Crippen LogP contribution < -0.4 is 64.8 Å². The van der Waals surface area contributed by atoms with Gasteiger partial charge in [-0.15, -0.1) is 0 Å². The second-order valence-electron chi connectivity index (χ2n) is 2.16. The summed E-state index contributed by atoms with van der Waals surface area (Å²) in [6.45, 7) is 0.317. The minimum Gasteiger partial charge on any atom is -1.00 e. The second kappa shape index (κ2) is 11.0. The van der Waals surface area contributed by atoms with Crippen molar-refractivity contribution in [3.8, 4) is 0 Å². The van der Waals surface area contributed by atoms with Crippen LogP contribution in [-0.4, -0.2) is 28.7 Å². The smallest absolute Gasteiger partial charge is 1.00 e. The minimum atomic E-state index is -1.31. The fourth-order valence-electron chi connectivity index (χ4n) is 0.675. The number of rotatable bonds is 5. The molecule has 4 N–H and O–H groups in total. The van der Waals surface area contributed by atoms with E-state index in [-0.39, 0.29) is 68.4 Å². The molecule has 0 saturated carbocycles. The molecule has 0 rings (SSSR count). The Balaban J connectivity index is -0.0000000833. The van der Waals surface area contributed by atoms with Gasteiger partial charge in [0.25, 0.3) is 0 Å². The summed E-state index contributed by atoms with van der Waals surface area (Å²) in [5.74, 6) is -3.91. The van der Waals surface area contributed by atoms with Crippen LogP contribution in [0.4, 0.5) is 0 Å². The molecule has 0 radical (unpaired) electrons. The Hall–Kier alpha value is 0.900. The van der Waals surface area contributed by atoms with Gasteiger partial charge in [-0.1, -0.05) is 0 Å². The van der Waals surface area contributed by atoms with Crippen LogP contribution >= 0.6 is 0 Å². The molecule has 0 spiro atoms. The largest absolute Gasteiger partial charge is 1.00 e. The van der Waals surface area contributed by atoms with E-state index >= 15 is 0 Å². The van der Waals surface area contributed by atoms with Crippen molar-refractivity contribution in [2.24, 2.45) is 11.7 Å². The van der Waals surface area contributed by atoms with E-state index in [0.717, 1.165) is 0 Å². The van der Waals surface area contributed by atoms with E-state index < -0.39 is 17.9 Å². The van der Waals surface area contributed by atoms with Crippen LogP contribution in [0.25, 0.3) is 0 Å². The van der Waals surface area contributed by atoms with E-state index in [1.807, 2.05) is 0 Å². The molecule has 0 fully saturated rings.